The lowest BCUT2D eigenvalue weighted by molar-refractivity contribution is 0.238. The molecule has 18 heavy (non-hydrogen) atoms. The van der Waals surface area contributed by atoms with Crippen LogP contribution < -0.4 is 0 Å². The largest absolute Gasteiger partial charge is 0.281 e. The molecule has 0 aromatic rings. The summed E-state index contributed by atoms with van der Waals surface area (Å²) >= 11 is 5.93. The van der Waals surface area contributed by atoms with Crippen LogP contribution in [0.5, 0.6) is 0 Å². The molecule has 0 bridgehead atoms. The lowest BCUT2D eigenvalue weighted by Crippen LogP contribution is -2.48. The summed E-state index contributed by atoms with van der Waals surface area (Å²) in [6, 6.07) is 0. The first-order valence-corrected chi connectivity index (χ1v) is 8.58. The molecule has 0 aromatic carbocycles. The van der Waals surface area contributed by atoms with E-state index in [0.29, 0.717) is 31.5 Å². The highest BCUT2D eigenvalue weighted by molar-refractivity contribution is 7.86. The number of alkyl halides is 1. The van der Waals surface area contributed by atoms with Gasteiger partial charge in [0.1, 0.15) is 0 Å². The number of nitrogens with zero attached hydrogens (tertiary/aromatic N) is 2. The summed E-state index contributed by atoms with van der Waals surface area (Å²) in [7, 11) is -1.56. The van der Waals surface area contributed by atoms with Crippen molar-refractivity contribution in [3.63, 3.8) is 0 Å². The van der Waals surface area contributed by atoms with Gasteiger partial charge in [-0.1, -0.05) is 6.92 Å². The van der Waals surface area contributed by atoms with Crippen LogP contribution in [0.15, 0.2) is 0 Å². The molecule has 0 atom stereocenters. The standard InChI is InChI=1S/C12H23ClN2O2S/c1-10-3-5-15(6-4-10)18(16,17)14(2)9-11-7-12(13)8-11/h10-12H,3-9H2,1-2H3. The highest BCUT2D eigenvalue weighted by atomic mass is 35.5. The van der Waals surface area contributed by atoms with E-state index in [4.69, 9.17) is 11.6 Å². The molecular formula is C12H23ClN2O2S. The maximum atomic E-state index is 12.4. The van der Waals surface area contributed by atoms with Crippen molar-refractivity contribution in [3.8, 4) is 0 Å². The average molecular weight is 295 g/mol. The van der Waals surface area contributed by atoms with E-state index in [-0.39, 0.29) is 5.38 Å². The Morgan fingerprint density at radius 3 is 2.33 bits per heavy atom. The summed E-state index contributed by atoms with van der Waals surface area (Å²) in [5, 5.41) is 0.252. The maximum absolute atomic E-state index is 12.4. The zero-order valence-electron chi connectivity index (χ0n) is 11.2. The molecule has 0 spiro atoms. The number of hydrogen-bond acceptors (Lipinski definition) is 2. The first-order chi connectivity index (χ1) is 8.39. The van der Waals surface area contributed by atoms with E-state index < -0.39 is 10.2 Å². The van der Waals surface area contributed by atoms with Crippen molar-refractivity contribution in [2.45, 2.75) is 38.0 Å². The van der Waals surface area contributed by atoms with Crippen LogP contribution in [0.25, 0.3) is 0 Å². The van der Waals surface area contributed by atoms with Gasteiger partial charge in [-0.25, -0.2) is 0 Å². The second-order valence-corrected chi connectivity index (χ2v) is 8.46. The van der Waals surface area contributed by atoms with Gasteiger partial charge in [-0.15, -0.1) is 11.6 Å². The fraction of sp³-hybridized carbons (Fsp3) is 1.00. The summed E-state index contributed by atoms with van der Waals surface area (Å²) in [5.74, 6) is 1.08. The monoisotopic (exact) mass is 294 g/mol. The molecule has 4 nitrogen and oxygen atoms in total. The number of halogens is 1. The van der Waals surface area contributed by atoms with Crippen LogP contribution in [0.3, 0.4) is 0 Å². The molecule has 0 radical (unpaired) electrons. The van der Waals surface area contributed by atoms with E-state index in [9.17, 15) is 8.42 Å². The molecule has 0 unspecified atom stereocenters. The lowest BCUT2D eigenvalue weighted by atomic mass is 9.85. The third-order valence-electron chi connectivity index (χ3n) is 4.16. The highest BCUT2D eigenvalue weighted by Gasteiger charge is 2.34. The molecule has 1 saturated carbocycles. The normalized spacial score (nSPS) is 31.6. The summed E-state index contributed by atoms with van der Waals surface area (Å²) in [6.45, 7) is 4.12. The van der Waals surface area contributed by atoms with E-state index in [1.165, 1.54) is 4.31 Å². The minimum Gasteiger partial charge on any atom is -0.195 e. The van der Waals surface area contributed by atoms with E-state index in [1.54, 1.807) is 11.4 Å². The summed E-state index contributed by atoms with van der Waals surface area (Å²) < 4.78 is 27.9. The molecule has 2 fully saturated rings. The van der Waals surface area contributed by atoms with E-state index >= 15 is 0 Å². The van der Waals surface area contributed by atoms with Gasteiger partial charge in [-0.05, 0) is 37.5 Å². The first kappa shape index (κ1) is 14.6. The van der Waals surface area contributed by atoms with Gasteiger partial charge >= 0.3 is 0 Å². The Bertz CT molecular complexity index is 374. The predicted octanol–water partition coefficient (Wildman–Crippen LogP) is 1.91. The molecular weight excluding hydrogens is 272 g/mol. The Labute approximate surface area is 115 Å². The minimum absolute atomic E-state index is 0.252. The van der Waals surface area contributed by atoms with Crippen LogP contribution in [-0.2, 0) is 10.2 Å². The fourth-order valence-corrected chi connectivity index (χ4v) is 4.64. The molecule has 1 aliphatic carbocycles. The van der Waals surface area contributed by atoms with Crippen LogP contribution >= 0.6 is 11.6 Å². The lowest BCUT2D eigenvalue weighted by Gasteiger charge is -2.37. The van der Waals surface area contributed by atoms with E-state index in [0.717, 1.165) is 25.7 Å². The molecule has 0 aromatic heterocycles. The van der Waals surface area contributed by atoms with Crippen LogP contribution in [0.1, 0.15) is 32.6 Å². The van der Waals surface area contributed by atoms with Crippen molar-refractivity contribution < 1.29 is 8.42 Å². The van der Waals surface area contributed by atoms with Crippen molar-refractivity contribution in [2.75, 3.05) is 26.7 Å². The molecule has 2 rings (SSSR count). The van der Waals surface area contributed by atoms with Gasteiger partial charge in [-0.3, -0.25) is 0 Å². The molecule has 0 amide bonds. The van der Waals surface area contributed by atoms with E-state index in [2.05, 4.69) is 6.92 Å². The molecule has 1 heterocycles. The Kier molecular flexibility index (Phi) is 4.57. The first-order valence-electron chi connectivity index (χ1n) is 6.75. The second kappa shape index (κ2) is 5.65. The van der Waals surface area contributed by atoms with Crippen LogP contribution in [0.2, 0.25) is 0 Å². The molecule has 106 valence electrons. The van der Waals surface area contributed by atoms with Crippen molar-refractivity contribution in [1.29, 1.82) is 0 Å². The van der Waals surface area contributed by atoms with Gasteiger partial charge in [0.05, 0.1) is 0 Å². The van der Waals surface area contributed by atoms with Gasteiger partial charge in [0.2, 0.25) is 0 Å². The number of hydrogen-bond donors (Lipinski definition) is 0. The quantitative estimate of drug-likeness (QED) is 0.743. The molecule has 0 N–H and O–H groups in total. The van der Waals surface area contributed by atoms with Crippen molar-refractivity contribution in [2.24, 2.45) is 11.8 Å². The number of piperidine rings is 1. The third kappa shape index (κ3) is 3.18. The maximum Gasteiger partial charge on any atom is 0.281 e. The van der Waals surface area contributed by atoms with Gasteiger partial charge in [0.15, 0.2) is 0 Å². The summed E-state index contributed by atoms with van der Waals surface area (Å²) in [5.41, 5.74) is 0. The summed E-state index contributed by atoms with van der Waals surface area (Å²) in [6.07, 6.45) is 3.83. The van der Waals surface area contributed by atoms with Crippen LogP contribution in [-0.4, -0.2) is 49.1 Å². The van der Waals surface area contributed by atoms with Crippen LogP contribution in [0.4, 0.5) is 0 Å². The van der Waals surface area contributed by atoms with Gasteiger partial charge < -0.3 is 0 Å². The van der Waals surface area contributed by atoms with Crippen molar-refractivity contribution in [3.05, 3.63) is 0 Å². The van der Waals surface area contributed by atoms with Gasteiger partial charge in [0, 0.05) is 32.1 Å². The molecule has 1 saturated heterocycles. The summed E-state index contributed by atoms with van der Waals surface area (Å²) in [4.78, 5) is 0. The molecule has 6 heteroatoms. The fourth-order valence-electron chi connectivity index (χ4n) is 2.67. The Hall–Kier alpha value is 0.160. The minimum atomic E-state index is -3.25. The zero-order valence-corrected chi connectivity index (χ0v) is 12.8. The highest BCUT2D eigenvalue weighted by Crippen LogP contribution is 2.33. The SMILES string of the molecule is CC1CCN(S(=O)(=O)N(C)CC2CC(Cl)C2)CC1. The zero-order chi connectivity index (χ0) is 13.3. The third-order valence-corrected chi connectivity index (χ3v) is 6.47. The average Bonchev–Trinajstić information content (AvgIpc) is 2.27. The Morgan fingerprint density at radius 2 is 1.83 bits per heavy atom. The smallest absolute Gasteiger partial charge is 0.195 e. The molecule has 1 aliphatic heterocycles. The molecule has 2 aliphatic rings. The van der Waals surface area contributed by atoms with E-state index in [1.807, 2.05) is 0 Å². The second-order valence-electron chi connectivity index (χ2n) is 5.80. The predicted molar refractivity (Wildman–Crippen MR) is 73.9 cm³/mol. The van der Waals surface area contributed by atoms with Crippen molar-refractivity contribution >= 4 is 21.8 Å². The van der Waals surface area contributed by atoms with Gasteiger partial charge in [-0.2, -0.15) is 17.0 Å². The Balaban J connectivity index is 1.89. The Morgan fingerprint density at radius 1 is 1.28 bits per heavy atom. The van der Waals surface area contributed by atoms with Crippen molar-refractivity contribution in [1.82, 2.24) is 8.61 Å². The topological polar surface area (TPSA) is 40.6 Å². The van der Waals surface area contributed by atoms with Crippen LogP contribution in [0, 0.1) is 11.8 Å². The number of rotatable bonds is 4. The van der Waals surface area contributed by atoms with Gasteiger partial charge in [0.25, 0.3) is 10.2 Å².